The lowest BCUT2D eigenvalue weighted by Crippen LogP contribution is -2.12. The van der Waals surface area contributed by atoms with E-state index in [4.69, 9.17) is 10.1 Å². The summed E-state index contributed by atoms with van der Waals surface area (Å²) in [6, 6.07) is 10.9. The molecular formula is C17H17N6O2+. The first-order chi connectivity index (χ1) is 12.2. The molecule has 2 aromatic heterocycles. The maximum Gasteiger partial charge on any atom is 0.309 e. The van der Waals surface area contributed by atoms with Crippen molar-refractivity contribution in [1.82, 2.24) is 9.55 Å². The number of hydrogen-bond donors (Lipinski definition) is 2. The van der Waals surface area contributed by atoms with Crippen LogP contribution < -0.4 is 10.7 Å². The molecule has 0 aliphatic carbocycles. The van der Waals surface area contributed by atoms with Gasteiger partial charge in [0.25, 0.3) is 11.3 Å². The fraction of sp³-hybridized carbons (Fsp3) is 0.176. The van der Waals surface area contributed by atoms with Crippen LogP contribution in [-0.2, 0) is 11.3 Å². The van der Waals surface area contributed by atoms with Crippen molar-refractivity contribution in [3.8, 4) is 0 Å². The number of nitrogens with one attached hydrogen (secondary N) is 2. The molecule has 3 rings (SSSR count). The first-order valence-electron chi connectivity index (χ1n) is 7.67. The summed E-state index contributed by atoms with van der Waals surface area (Å²) in [5.41, 5.74) is 4.45. The lowest BCUT2D eigenvalue weighted by atomic mass is 10.2. The topological polar surface area (TPSA) is 96.3 Å². The molecule has 0 radical (unpaired) electrons. The molecule has 0 bridgehead atoms. The number of rotatable bonds is 6. The number of anilines is 2. The highest BCUT2D eigenvalue weighted by atomic mass is 16.5. The van der Waals surface area contributed by atoms with Crippen LogP contribution in [0.5, 0.6) is 0 Å². The second-order valence-corrected chi connectivity index (χ2v) is 5.34. The van der Waals surface area contributed by atoms with E-state index in [1.54, 1.807) is 19.2 Å². The summed E-state index contributed by atoms with van der Waals surface area (Å²) >= 11 is 0. The molecule has 8 nitrogen and oxygen atoms in total. The largest absolute Gasteiger partial charge is 0.383 e. The van der Waals surface area contributed by atoms with Crippen molar-refractivity contribution in [3.05, 3.63) is 59.4 Å². The zero-order valence-corrected chi connectivity index (χ0v) is 13.6. The molecule has 2 N–H and O–H groups in total. The van der Waals surface area contributed by atoms with Gasteiger partial charge in [-0.1, -0.05) is 6.07 Å². The van der Waals surface area contributed by atoms with Gasteiger partial charge in [0.2, 0.25) is 5.82 Å². The molecule has 2 heterocycles. The molecule has 1 aromatic carbocycles. The highest BCUT2D eigenvalue weighted by molar-refractivity contribution is 6.08. The van der Waals surface area contributed by atoms with E-state index >= 15 is 0 Å². The maximum absolute atomic E-state index is 12.4. The molecule has 1 amide bonds. The maximum atomic E-state index is 12.4. The number of aromatic nitrogens is 2. The molecule has 0 saturated heterocycles. The van der Waals surface area contributed by atoms with E-state index in [0.717, 1.165) is 23.1 Å². The van der Waals surface area contributed by atoms with Crippen molar-refractivity contribution < 1.29 is 9.53 Å². The molecule has 3 aromatic rings. The van der Waals surface area contributed by atoms with Crippen LogP contribution in [0.2, 0.25) is 0 Å². The van der Waals surface area contributed by atoms with Crippen LogP contribution in [-0.4, -0.2) is 29.2 Å². The minimum Gasteiger partial charge on any atom is -0.383 e. The third-order valence-corrected chi connectivity index (χ3v) is 3.79. The Morgan fingerprint density at radius 3 is 2.92 bits per heavy atom. The number of ether oxygens (including phenoxy) is 1. The first-order valence-corrected chi connectivity index (χ1v) is 7.67. The second-order valence-electron chi connectivity index (χ2n) is 5.34. The number of fused-ring (bicyclic) bond motifs is 1. The SMILES string of the molecule is COCCn1ccc2c(NC(=O)c3ccc(N[N+]#N)nc3)cccc21. The van der Waals surface area contributed by atoms with Gasteiger partial charge >= 0.3 is 5.08 Å². The summed E-state index contributed by atoms with van der Waals surface area (Å²) in [5.74, 6) is 0.0773. The first kappa shape index (κ1) is 16.4. The van der Waals surface area contributed by atoms with Crippen LogP contribution in [0.4, 0.5) is 11.5 Å². The summed E-state index contributed by atoms with van der Waals surface area (Å²) in [6.45, 7) is 1.36. The number of nitrogens with zero attached hydrogens (tertiary/aromatic N) is 4. The highest BCUT2D eigenvalue weighted by Gasteiger charge is 2.11. The van der Waals surface area contributed by atoms with Gasteiger partial charge in [-0.25, -0.2) is 4.98 Å². The quantitative estimate of drug-likeness (QED) is 0.532. The summed E-state index contributed by atoms with van der Waals surface area (Å²) in [7, 11) is 1.67. The summed E-state index contributed by atoms with van der Waals surface area (Å²) in [4.78, 5) is 16.4. The predicted molar refractivity (Wildman–Crippen MR) is 94.7 cm³/mol. The molecule has 0 aliphatic heterocycles. The number of pyridine rings is 1. The average molecular weight is 337 g/mol. The Morgan fingerprint density at radius 1 is 1.32 bits per heavy atom. The van der Waals surface area contributed by atoms with Gasteiger partial charge in [0, 0.05) is 36.9 Å². The van der Waals surface area contributed by atoms with Crippen LogP contribution in [0.15, 0.2) is 48.8 Å². The standard InChI is InChI=1S/C17H16N6O2/c1-25-10-9-23-8-7-13-14(3-2-4-15(13)23)20-17(24)12-5-6-16(19-11-12)21-22-18/h2-8,11H,9-10H2,1H3,(H-,19,20,21,24)/p+1. The van der Waals surface area contributed by atoms with E-state index in [-0.39, 0.29) is 5.91 Å². The van der Waals surface area contributed by atoms with Gasteiger partial charge in [-0.3, -0.25) is 4.79 Å². The van der Waals surface area contributed by atoms with Crippen LogP contribution in [0.1, 0.15) is 10.4 Å². The molecule has 0 atom stereocenters. The number of diazo groups is 1. The minimum atomic E-state index is -0.267. The molecule has 0 spiro atoms. The van der Waals surface area contributed by atoms with Crippen molar-refractivity contribution in [2.45, 2.75) is 6.54 Å². The van der Waals surface area contributed by atoms with Crippen LogP contribution >= 0.6 is 0 Å². The summed E-state index contributed by atoms with van der Waals surface area (Å²) in [6.07, 6.45) is 3.38. The second kappa shape index (κ2) is 7.42. The molecule has 8 heteroatoms. The normalized spacial score (nSPS) is 10.4. The summed E-state index contributed by atoms with van der Waals surface area (Å²) < 4.78 is 7.20. The fourth-order valence-corrected chi connectivity index (χ4v) is 2.56. The Balaban J connectivity index is 1.81. The minimum absolute atomic E-state index is 0.267. The Kier molecular flexibility index (Phi) is 4.87. The molecule has 0 saturated carbocycles. The van der Waals surface area contributed by atoms with Gasteiger partial charge in [0.05, 0.1) is 23.4 Å². The third kappa shape index (κ3) is 3.57. The molecule has 0 aliphatic rings. The zero-order valence-electron chi connectivity index (χ0n) is 13.6. The van der Waals surface area contributed by atoms with E-state index in [2.05, 4.69) is 25.4 Å². The molecule has 126 valence electrons. The number of hydrogen-bond acceptors (Lipinski definition) is 5. The van der Waals surface area contributed by atoms with Gasteiger partial charge in [-0.15, -0.1) is 0 Å². The lowest BCUT2D eigenvalue weighted by Gasteiger charge is -2.08. The number of carbonyl (C=O) groups is 1. The third-order valence-electron chi connectivity index (χ3n) is 3.79. The average Bonchev–Trinajstić information content (AvgIpc) is 3.05. The molecular weight excluding hydrogens is 320 g/mol. The van der Waals surface area contributed by atoms with Crippen molar-refractivity contribution >= 4 is 28.3 Å². The Labute approximate surface area is 144 Å². The van der Waals surface area contributed by atoms with E-state index in [0.29, 0.717) is 18.0 Å². The predicted octanol–water partition coefficient (Wildman–Crippen LogP) is 3.11. The number of amides is 1. The van der Waals surface area contributed by atoms with Crippen LogP contribution in [0.25, 0.3) is 16.0 Å². The number of benzene rings is 1. The van der Waals surface area contributed by atoms with Crippen molar-refractivity contribution in [3.63, 3.8) is 0 Å². The number of carbonyl (C=O) groups excluding carboxylic acids is 1. The number of methoxy groups -OCH3 is 1. The van der Waals surface area contributed by atoms with Gasteiger partial charge in [-0.05, 0) is 30.3 Å². The molecule has 25 heavy (non-hydrogen) atoms. The van der Waals surface area contributed by atoms with Gasteiger partial charge in [0.15, 0.2) is 0 Å². The Hall–Kier alpha value is -3.44. The monoisotopic (exact) mass is 337 g/mol. The van der Waals surface area contributed by atoms with Crippen LogP contribution in [0, 0.1) is 5.39 Å². The Morgan fingerprint density at radius 2 is 2.20 bits per heavy atom. The highest BCUT2D eigenvalue weighted by Crippen LogP contribution is 2.25. The van der Waals surface area contributed by atoms with Crippen molar-refractivity contribution in [2.24, 2.45) is 0 Å². The van der Waals surface area contributed by atoms with Gasteiger partial charge in [0.1, 0.15) is 0 Å². The fourth-order valence-electron chi connectivity index (χ4n) is 2.56. The lowest BCUT2D eigenvalue weighted by molar-refractivity contribution is 0.102. The van der Waals surface area contributed by atoms with Crippen LogP contribution in [0.3, 0.4) is 0 Å². The smallest absolute Gasteiger partial charge is 0.309 e. The van der Waals surface area contributed by atoms with E-state index < -0.39 is 0 Å². The molecule has 0 fully saturated rings. The van der Waals surface area contributed by atoms with Gasteiger partial charge < -0.3 is 14.6 Å². The van der Waals surface area contributed by atoms with Gasteiger partial charge in [-0.2, -0.15) is 0 Å². The zero-order chi connectivity index (χ0) is 17.6. The van der Waals surface area contributed by atoms with E-state index in [1.165, 1.54) is 6.20 Å². The van der Waals surface area contributed by atoms with Crippen molar-refractivity contribution in [1.29, 1.82) is 5.39 Å². The molecule has 0 unspecified atom stereocenters. The summed E-state index contributed by atoms with van der Waals surface area (Å²) in [5, 5.41) is 15.1. The van der Waals surface area contributed by atoms with Crippen molar-refractivity contribution in [2.75, 3.05) is 24.5 Å². The van der Waals surface area contributed by atoms with E-state index in [1.807, 2.05) is 30.5 Å². The van der Waals surface area contributed by atoms with E-state index in [9.17, 15) is 4.79 Å². The Bertz CT molecular complexity index is 926.